The van der Waals surface area contributed by atoms with Crippen molar-refractivity contribution in [1.82, 2.24) is 14.9 Å². The Morgan fingerprint density at radius 2 is 1.88 bits per heavy atom. The van der Waals surface area contributed by atoms with Crippen LogP contribution in [0.15, 0.2) is 18.2 Å². The highest BCUT2D eigenvalue weighted by atomic mass is 16.5. The van der Waals surface area contributed by atoms with Gasteiger partial charge >= 0.3 is 0 Å². The van der Waals surface area contributed by atoms with Crippen molar-refractivity contribution in [1.29, 1.82) is 0 Å². The van der Waals surface area contributed by atoms with Gasteiger partial charge in [-0.05, 0) is 37.8 Å². The quantitative estimate of drug-likeness (QED) is 0.914. The van der Waals surface area contributed by atoms with Crippen LogP contribution in [-0.4, -0.2) is 29.7 Å². The molecule has 2 aromatic rings. The second-order valence-corrected chi connectivity index (χ2v) is 5.91. The first-order valence-electron chi connectivity index (χ1n) is 8.18. The second-order valence-electron chi connectivity index (χ2n) is 5.91. The van der Waals surface area contributed by atoms with Gasteiger partial charge in [0, 0.05) is 12.7 Å². The van der Waals surface area contributed by atoms with Gasteiger partial charge in [-0.25, -0.2) is 4.98 Å². The Labute approximate surface area is 141 Å². The molecule has 0 saturated heterocycles. The Morgan fingerprint density at radius 3 is 2.50 bits per heavy atom. The van der Waals surface area contributed by atoms with Crippen molar-refractivity contribution in [3.8, 4) is 11.5 Å². The van der Waals surface area contributed by atoms with Gasteiger partial charge in [-0.3, -0.25) is 4.79 Å². The van der Waals surface area contributed by atoms with Crippen molar-refractivity contribution in [2.24, 2.45) is 7.05 Å². The van der Waals surface area contributed by atoms with Crippen LogP contribution in [0.2, 0.25) is 0 Å². The SMILES string of the molecule is COc1cccc(OC)c1C(=O)NCc1nc2c(n1C)CCCC2. The number of benzene rings is 1. The first kappa shape index (κ1) is 16.4. The van der Waals surface area contributed by atoms with E-state index < -0.39 is 0 Å². The number of aryl methyl sites for hydroxylation is 1. The van der Waals surface area contributed by atoms with Gasteiger partial charge in [-0.2, -0.15) is 0 Å². The number of methoxy groups -OCH3 is 2. The summed E-state index contributed by atoms with van der Waals surface area (Å²) in [4.78, 5) is 17.3. The van der Waals surface area contributed by atoms with Crippen molar-refractivity contribution < 1.29 is 14.3 Å². The second kappa shape index (κ2) is 6.95. The molecule has 1 aromatic carbocycles. The average Bonchev–Trinajstić information content (AvgIpc) is 2.95. The number of carbonyl (C=O) groups excluding carboxylic acids is 1. The summed E-state index contributed by atoms with van der Waals surface area (Å²) in [5.41, 5.74) is 2.87. The molecule has 1 N–H and O–H groups in total. The highest BCUT2D eigenvalue weighted by molar-refractivity contribution is 5.99. The van der Waals surface area contributed by atoms with Gasteiger partial charge in [0.25, 0.3) is 5.91 Å². The zero-order valence-corrected chi connectivity index (χ0v) is 14.4. The van der Waals surface area contributed by atoms with E-state index in [0.29, 0.717) is 23.6 Å². The third-order valence-corrected chi connectivity index (χ3v) is 4.53. The molecule has 128 valence electrons. The van der Waals surface area contributed by atoms with E-state index >= 15 is 0 Å². The molecule has 0 spiro atoms. The molecule has 1 aliphatic rings. The normalized spacial score (nSPS) is 13.3. The first-order chi connectivity index (χ1) is 11.7. The number of nitrogens with zero attached hydrogens (tertiary/aromatic N) is 2. The van der Waals surface area contributed by atoms with Gasteiger partial charge in [-0.1, -0.05) is 6.07 Å². The molecule has 3 rings (SSSR count). The van der Waals surface area contributed by atoms with E-state index in [9.17, 15) is 4.79 Å². The zero-order chi connectivity index (χ0) is 17.1. The molecule has 6 nitrogen and oxygen atoms in total. The van der Waals surface area contributed by atoms with Crippen molar-refractivity contribution in [3.63, 3.8) is 0 Å². The van der Waals surface area contributed by atoms with E-state index in [0.717, 1.165) is 18.7 Å². The predicted octanol–water partition coefficient (Wildman–Crippen LogP) is 2.25. The number of ether oxygens (including phenoxy) is 2. The summed E-state index contributed by atoms with van der Waals surface area (Å²) >= 11 is 0. The van der Waals surface area contributed by atoms with Crippen LogP contribution in [0.25, 0.3) is 0 Å². The number of aromatic nitrogens is 2. The molecule has 0 saturated carbocycles. The summed E-state index contributed by atoms with van der Waals surface area (Å²) in [6, 6.07) is 5.29. The van der Waals surface area contributed by atoms with Crippen LogP contribution in [0.5, 0.6) is 11.5 Å². The number of amides is 1. The maximum atomic E-state index is 12.6. The Bertz CT molecular complexity index is 730. The standard InChI is InChI=1S/C18H23N3O3/c1-21-13-8-5-4-7-12(13)20-16(21)11-19-18(22)17-14(23-2)9-6-10-15(17)24-3/h6,9-10H,4-5,7-8,11H2,1-3H3,(H,19,22). The molecule has 24 heavy (non-hydrogen) atoms. The minimum Gasteiger partial charge on any atom is -0.496 e. The Balaban J connectivity index is 1.78. The van der Waals surface area contributed by atoms with Crippen LogP contribution in [0, 0.1) is 0 Å². The van der Waals surface area contributed by atoms with Crippen molar-refractivity contribution in [2.75, 3.05) is 14.2 Å². The first-order valence-corrected chi connectivity index (χ1v) is 8.18. The van der Waals surface area contributed by atoms with Crippen LogP contribution in [0.3, 0.4) is 0 Å². The summed E-state index contributed by atoms with van der Waals surface area (Å²) in [7, 11) is 5.10. The lowest BCUT2D eigenvalue weighted by atomic mass is 10.0. The number of nitrogens with one attached hydrogen (secondary N) is 1. The molecule has 0 aliphatic heterocycles. The molecule has 0 fully saturated rings. The predicted molar refractivity (Wildman–Crippen MR) is 90.6 cm³/mol. The lowest BCUT2D eigenvalue weighted by molar-refractivity contribution is 0.0943. The number of fused-ring (bicyclic) bond motifs is 1. The maximum Gasteiger partial charge on any atom is 0.259 e. The van der Waals surface area contributed by atoms with E-state index in [-0.39, 0.29) is 5.91 Å². The minimum atomic E-state index is -0.231. The lowest BCUT2D eigenvalue weighted by Gasteiger charge is -2.13. The zero-order valence-electron chi connectivity index (χ0n) is 14.4. The third-order valence-electron chi connectivity index (χ3n) is 4.53. The van der Waals surface area contributed by atoms with Crippen molar-refractivity contribution in [2.45, 2.75) is 32.2 Å². The molecule has 1 heterocycles. The molecule has 0 radical (unpaired) electrons. The number of hydrogen-bond acceptors (Lipinski definition) is 4. The van der Waals surface area contributed by atoms with E-state index in [1.807, 2.05) is 7.05 Å². The van der Waals surface area contributed by atoms with Gasteiger partial charge < -0.3 is 19.4 Å². The fraction of sp³-hybridized carbons (Fsp3) is 0.444. The molecule has 1 amide bonds. The number of hydrogen-bond donors (Lipinski definition) is 1. The largest absolute Gasteiger partial charge is 0.496 e. The molecule has 6 heteroatoms. The van der Waals surface area contributed by atoms with Gasteiger partial charge in [0.1, 0.15) is 22.9 Å². The van der Waals surface area contributed by atoms with E-state index in [1.165, 1.54) is 24.2 Å². The smallest absolute Gasteiger partial charge is 0.259 e. The van der Waals surface area contributed by atoms with Crippen LogP contribution >= 0.6 is 0 Å². The molecule has 0 bridgehead atoms. The fourth-order valence-electron chi connectivity index (χ4n) is 3.22. The van der Waals surface area contributed by atoms with Crippen LogP contribution < -0.4 is 14.8 Å². The number of imidazole rings is 1. The molecule has 0 unspecified atom stereocenters. The van der Waals surface area contributed by atoms with E-state index in [4.69, 9.17) is 9.47 Å². The summed E-state index contributed by atoms with van der Waals surface area (Å²) < 4.78 is 12.7. The van der Waals surface area contributed by atoms with Crippen LogP contribution in [0.4, 0.5) is 0 Å². The summed E-state index contributed by atoms with van der Waals surface area (Å²) in [6.45, 7) is 0.379. The Hall–Kier alpha value is -2.50. The highest BCUT2D eigenvalue weighted by Gasteiger charge is 2.21. The molecule has 1 aromatic heterocycles. The molecule has 1 aliphatic carbocycles. The van der Waals surface area contributed by atoms with Gasteiger partial charge in [0.05, 0.1) is 26.5 Å². The minimum absolute atomic E-state index is 0.231. The molecular formula is C18H23N3O3. The van der Waals surface area contributed by atoms with Gasteiger partial charge in [0.15, 0.2) is 0 Å². The topological polar surface area (TPSA) is 65.4 Å². The monoisotopic (exact) mass is 329 g/mol. The third kappa shape index (κ3) is 2.96. The Morgan fingerprint density at radius 1 is 1.21 bits per heavy atom. The molecule has 0 atom stereocenters. The Kier molecular flexibility index (Phi) is 4.74. The summed E-state index contributed by atoms with van der Waals surface area (Å²) in [5.74, 6) is 1.63. The van der Waals surface area contributed by atoms with E-state index in [2.05, 4.69) is 14.9 Å². The lowest BCUT2D eigenvalue weighted by Crippen LogP contribution is -2.25. The highest BCUT2D eigenvalue weighted by Crippen LogP contribution is 2.28. The summed E-state index contributed by atoms with van der Waals surface area (Å²) in [5, 5.41) is 2.93. The fourth-order valence-corrected chi connectivity index (χ4v) is 3.22. The van der Waals surface area contributed by atoms with Gasteiger partial charge in [0.2, 0.25) is 0 Å². The van der Waals surface area contributed by atoms with Crippen molar-refractivity contribution in [3.05, 3.63) is 41.0 Å². The number of rotatable bonds is 5. The van der Waals surface area contributed by atoms with Crippen LogP contribution in [-0.2, 0) is 26.4 Å². The number of carbonyl (C=O) groups is 1. The molecular weight excluding hydrogens is 306 g/mol. The van der Waals surface area contributed by atoms with Gasteiger partial charge in [-0.15, -0.1) is 0 Å². The summed E-state index contributed by atoms with van der Waals surface area (Å²) in [6.07, 6.45) is 4.48. The van der Waals surface area contributed by atoms with Crippen LogP contribution in [0.1, 0.15) is 40.4 Å². The average molecular weight is 329 g/mol. The van der Waals surface area contributed by atoms with Crippen molar-refractivity contribution >= 4 is 5.91 Å². The van der Waals surface area contributed by atoms with E-state index in [1.54, 1.807) is 32.4 Å². The maximum absolute atomic E-state index is 12.6.